The molecule has 1 aliphatic rings. The summed E-state index contributed by atoms with van der Waals surface area (Å²) < 4.78 is 5.75. The molecular formula is C23H22N2O3S. The molecule has 29 heavy (non-hydrogen) atoms. The van der Waals surface area contributed by atoms with Gasteiger partial charge < -0.3 is 15.4 Å². The van der Waals surface area contributed by atoms with Crippen LogP contribution in [-0.4, -0.2) is 18.4 Å². The Morgan fingerprint density at radius 3 is 2.55 bits per heavy atom. The van der Waals surface area contributed by atoms with Crippen molar-refractivity contribution in [1.82, 2.24) is 5.32 Å². The van der Waals surface area contributed by atoms with Gasteiger partial charge in [-0.05, 0) is 50.1 Å². The molecule has 0 unspecified atom stereocenters. The molecule has 148 valence electrons. The van der Waals surface area contributed by atoms with Crippen LogP contribution in [-0.2, 0) is 11.4 Å². The maximum Gasteiger partial charge on any atom is 0.261 e. The number of hydrogen-bond donors (Lipinski definition) is 2. The highest BCUT2D eigenvalue weighted by Gasteiger charge is 2.22. The highest BCUT2D eigenvalue weighted by Crippen LogP contribution is 2.42. The molecule has 4 rings (SSSR count). The van der Waals surface area contributed by atoms with Crippen molar-refractivity contribution < 1.29 is 14.3 Å². The van der Waals surface area contributed by atoms with E-state index in [1.54, 1.807) is 0 Å². The first-order valence-electron chi connectivity index (χ1n) is 9.43. The summed E-state index contributed by atoms with van der Waals surface area (Å²) in [7, 11) is 0. The van der Waals surface area contributed by atoms with E-state index >= 15 is 0 Å². The Kier molecular flexibility index (Phi) is 5.11. The molecule has 0 spiro atoms. The van der Waals surface area contributed by atoms with E-state index < -0.39 is 0 Å². The number of rotatable bonds is 4. The molecule has 2 heterocycles. The van der Waals surface area contributed by atoms with E-state index in [1.807, 2.05) is 63.2 Å². The van der Waals surface area contributed by atoms with Crippen molar-refractivity contribution in [3.63, 3.8) is 0 Å². The summed E-state index contributed by atoms with van der Waals surface area (Å²) >= 11 is 1.42. The number of nitrogens with one attached hydrogen (secondary N) is 2. The average Bonchev–Trinajstić information content (AvgIpc) is 3.14. The van der Waals surface area contributed by atoms with Crippen LogP contribution in [0, 0.1) is 20.8 Å². The van der Waals surface area contributed by atoms with Crippen molar-refractivity contribution in [2.45, 2.75) is 27.4 Å². The maximum atomic E-state index is 12.6. The monoisotopic (exact) mass is 406 g/mol. The van der Waals surface area contributed by atoms with E-state index in [-0.39, 0.29) is 18.4 Å². The van der Waals surface area contributed by atoms with Gasteiger partial charge in [0.05, 0.1) is 11.4 Å². The van der Waals surface area contributed by atoms with Crippen molar-refractivity contribution in [2.75, 3.05) is 11.9 Å². The van der Waals surface area contributed by atoms with Gasteiger partial charge in [-0.3, -0.25) is 9.59 Å². The van der Waals surface area contributed by atoms with Gasteiger partial charge in [0, 0.05) is 21.7 Å². The van der Waals surface area contributed by atoms with Crippen molar-refractivity contribution in [3.8, 4) is 16.2 Å². The molecule has 3 aromatic rings. The van der Waals surface area contributed by atoms with Gasteiger partial charge in [-0.2, -0.15) is 0 Å². The summed E-state index contributed by atoms with van der Waals surface area (Å²) in [5, 5.41) is 5.63. The Hall–Kier alpha value is -3.12. The number of ether oxygens (including phenoxy) is 1. The molecule has 6 heteroatoms. The standard InChI is InChI=1S/C23H22N2O3S/c1-13-8-14(2)21(15(3)9-13)25-20(26)11-24-23(27)19-10-16-12-28-18-7-5-4-6-17(18)22(16)29-19/h4-10H,11-12H2,1-3H3,(H,24,27)(H,25,26). The molecule has 0 fully saturated rings. The molecule has 5 nitrogen and oxygen atoms in total. The molecule has 0 radical (unpaired) electrons. The van der Waals surface area contributed by atoms with Crippen LogP contribution in [0.3, 0.4) is 0 Å². The van der Waals surface area contributed by atoms with Crippen LogP contribution < -0.4 is 15.4 Å². The molecule has 0 saturated heterocycles. The minimum Gasteiger partial charge on any atom is -0.488 e. The Bertz CT molecular complexity index is 1090. The second-order valence-electron chi connectivity index (χ2n) is 7.25. The lowest BCUT2D eigenvalue weighted by atomic mass is 10.1. The predicted octanol–water partition coefficient (Wildman–Crippen LogP) is 4.60. The number of carbonyl (C=O) groups is 2. The Morgan fingerprint density at radius 1 is 1.07 bits per heavy atom. The van der Waals surface area contributed by atoms with Gasteiger partial charge in [-0.25, -0.2) is 0 Å². The first-order chi connectivity index (χ1) is 13.9. The van der Waals surface area contributed by atoms with Crippen molar-refractivity contribution >= 4 is 28.8 Å². The topological polar surface area (TPSA) is 67.4 Å². The molecule has 2 amide bonds. The number of thiophene rings is 1. The molecular weight excluding hydrogens is 384 g/mol. The predicted molar refractivity (Wildman–Crippen MR) is 116 cm³/mol. The lowest BCUT2D eigenvalue weighted by molar-refractivity contribution is -0.115. The number of para-hydroxylation sites is 1. The van der Waals surface area contributed by atoms with Crippen LogP contribution in [0.2, 0.25) is 0 Å². The van der Waals surface area contributed by atoms with E-state index in [2.05, 4.69) is 10.6 Å². The number of amides is 2. The van der Waals surface area contributed by atoms with Gasteiger partial charge in [-0.15, -0.1) is 11.3 Å². The van der Waals surface area contributed by atoms with E-state index in [0.29, 0.717) is 11.5 Å². The maximum absolute atomic E-state index is 12.6. The van der Waals surface area contributed by atoms with Crippen LogP contribution >= 0.6 is 11.3 Å². The molecule has 0 saturated carbocycles. The summed E-state index contributed by atoms with van der Waals surface area (Å²) in [6, 6.07) is 13.7. The highest BCUT2D eigenvalue weighted by atomic mass is 32.1. The molecule has 0 atom stereocenters. The highest BCUT2D eigenvalue weighted by molar-refractivity contribution is 7.17. The second kappa shape index (κ2) is 7.72. The second-order valence-corrected chi connectivity index (χ2v) is 8.31. The van der Waals surface area contributed by atoms with Gasteiger partial charge in [0.2, 0.25) is 5.91 Å². The lowest BCUT2D eigenvalue weighted by Crippen LogP contribution is -2.32. The lowest BCUT2D eigenvalue weighted by Gasteiger charge is -2.16. The van der Waals surface area contributed by atoms with Gasteiger partial charge >= 0.3 is 0 Å². The number of fused-ring (bicyclic) bond motifs is 3. The molecule has 1 aromatic heterocycles. The van der Waals surface area contributed by atoms with Crippen molar-refractivity contribution in [1.29, 1.82) is 0 Å². The zero-order valence-corrected chi connectivity index (χ0v) is 17.4. The quantitative estimate of drug-likeness (QED) is 0.665. The van der Waals surface area contributed by atoms with Crippen LogP contribution in [0.25, 0.3) is 10.4 Å². The van der Waals surface area contributed by atoms with E-state index in [1.165, 1.54) is 11.3 Å². The molecule has 2 aromatic carbocycles. The van der Waals surface area contributed by atoms with E-state index in [4.69, 9.17) is 4.74 Å². The fourth-order valence-corrected chi connectivity index (χ4v) is 4.73. The minimum atomic E-state index is -0.255. The Morgan fingerprint density at radius 2 is 1.79 bits per heavy atom. The number of hydrogen-bond acceptors (Lipinski definition) is 4. The third kappa shape index (κ3) is 3.89. The Labute approximate surface area is 173 Å². The van der Waals surface area contributed by atoms with Gasteiger partial charge in [0.25, 0.3) is 5.91 Å². The molecule has 0 bridgehead atoms. The van der Waals surface area contributed by atoms with Gasteiger partial charge in [0.15, 0.2) is 0 Å². The minimum absolute atomic E-state index is 0.0821. The summed E-state index contributed by atoms with van der Waals surface area (Å²) in [6.45, 7) is 6.31. The first-order valence-corrected chi connectivity index (χ1v) is 10.2. The molecule has 1 aliphatic heterocycles. The first kappa shape index (κ1) is 19.2. The number of aryl methyl sites for hydroxylation is 3. The summed E-state index contributed by atoms with van der Waals surface area (Å²) in [4.78, 5) is 26.6. The zero-order valence-electron chi connectivity index (χ0n) is 16.6. The Balaban J connectivity index is 1.42. The fraction of sp³-hybridized carbons (Fsp3) is 0.217. The van der Waals surface area contributed by atoms with Crippen LogP contribution in [0.4, 0.5) is 5.69 Å². The van der Waals surface area contributed by atoms with Gasteiger partial charge in [0.1, 0.15) is 12.4 Å². The smallest absolute Gasteiger partial charge is 0.261 e. The van der Waals surface area contributed by atoms with E-state index in [9.17, 15) is 9.59 Å². The van der Waals surface area contributed by atoms with Crippen molar-refractivity contribution in [3.05, 3.63) is 69.6 Å². The average molecular weight is 407 g/mol. The normalized spacial score (nSPS) is 11.8. The van der Waals surface area contributed by atoms with Gasteiger partial charge in [-0.1, -0.05) is 29.8 Å². The summed E-state index contributed by atoms with van der Waals surface area (Å²) in [5.41, 5.74) is 5.96. The molecule has 2 N–H and O–H groups in total. The van der Waals surface area contributed by atoms with Crippen LogP contribution in [0.5, 0.6) is 5.75 Å². The fourth-order valence-electron chi connectivity index (χ4n) is 3.62. The SMILES string of the molecule is Cc1cc(C)c(NC(=O)CNC(=O)c2cc3c(s2)-c2ccccc2OC3)c(C)c1. The number of carbonyl (C=O) groups excluding carboxylic acids is 2. The van der Waals surface area contributed by atoms with Crippen molar-refractivity contribution in [2.24, 2.45) is 0 Å². The summed E-state index contributed by atoms with van der Waals surface area (Å²) in [6.07, 6.45) is 0. The number of anilines is 1. The third-order valence-electron chi connectivity index (χ3n) is 4.90. The third-order valence-corrected chi connectivity index (χ3v) is 6.11. The summed E-state index contributed by atoms with van der Waals surface area (Å²) in [5.74, 6) is 0.329. The zero-order chi connectivity index (χ0) is 20.5. The van der Waals surface area contributed by atoms with Crippen LogP contribution in [0.1, 0.15) is 31.9 Å². The van der Waals surface area contributed by atoms with E-state index in [0.717, 1.165) is 44.1 Å². The largest absolute Gasteiger partial charge is 0.488 e. The van der Waals surface area contributed by atoms with Crippen LogP contribution in [0.15, 0.2) is 42.5 Å². The number of benzene rings is 2. The molecule has 0 aliphatic carbocycles.